The molecule has 0 aliphatic rings. The van der Waals surface area contributed by atoms with Crippen LogP contribution in [0.1, 0.15) is 38.3 Å². The van der Waals surface area contributed by atoms with E-state index in [-0.39, 0.29) is 11.8 Å². The number of hydrogen-bond donors (Lipinski definition) is 2. The van der Waals surface area contributed by atoms with Gasteiger partial charge in [-0.15, -0.1) is 0 Å². The molecule has 5 nitrogen and oxygen atoms in total. The Balaban J connectivity index is 0.000000956. The first kappa shape index (κ1) is 15.9. The van der Waals surface area contributed by atoms with Crippen LogP contribution in [0.4, 0.5) is 0 Å². The number of benzene rings is 1. The first-order valence-electron chi connectivity index (χ1n) is 6.86. The molecule has 1 heterocycles. The zero-order chi connectivity index (χ0) is 15.0. The van der Waals surface area contributed by atoms with E-state index in [1.165, 1.54) is 0 Å². The highest BCUT2D eigenvalue weighted by Crippen LogP contribution is 2.26. The average molecular weight is 275 g/mol. The number of nitrogens with zero attached hydrogens (tertiary/aromatic N) is 1. The third-order valence-corrected chi connectivity index (χ3v) is 2.98. The molecule has 1 amide bonds. The van der Waals surface area contributed by atoms with Gasteiger partial charge in [0.05, 0.1) is 17.1 Å². The lowest BCUT2D eigenvalue weighted by Crippen LogP contribution is -2.26. The molecule has 0 radical (unpaired) electrons. The van der Waals surface area contributed by atoms with E-state index in [1.807, 2.05) is 38.1 Å². The van der Waals surface area contributed by atoms with E-state index in [9.17, 15) is 9.59 Å². The maximum atomic E-state index is 11.9. The van der Waals surface area contributed by atoms with E-state index in [4.69, 9.17) is 0 Å². The second-order valence-corrected chi connectivity index (χ2v) is 4.07. The van der Waals surface area contributed by atoms with Gasteiger partial charge in [0.25, 0.3) is 0 Å². The van der Waals surface area contributed by atoms with Crippen LogP contribution in [0.2, 0.25) is 0 Å². The van der Waals surface area contributed by atoms with E-state index in [1.54, 1.807) is 7.05 Å². The summed E-state index contributed by atoms with van der Waals surface area (Å²) in [6.45, 7) is 4.00. The van der Waals surface area contributed by atoms with E-state index in [0.29, 0.717) is 12.8 Å². The molecule has 1 unspecified atom stereocenters. The van der Waals surface area contributed by atoms with Crippen LogP contribution < -0.4 is 5.32 Å². The minimum Gasteiger partial charge on any atom is -0.359 e. The number of H-pyrrole nitrogens is 1. The maximum Gasteiger partial charge on any atom is 0.228 e. The number of aromatic nitrogens is 2. The zero-order valence-electron chi connectivity index (χ0n) is 12.1. The summed E-state index contributed by atoms with van der Waals surface area (Å²) in [4.78, 5) is 22.4. The molecule has 0 aliphatic heterocycles. The fraction of sp³-hybridized carbons (Fsp3) is 0.400. The number of amides is 1. The Morgan fingerprint density at radius 3 is 2.75 bits per heavy atom. The van der Waals surface area contributed by atoms with Gasteiger partial charge in [0, 0.05) is 18.9 Å². The molecule has 1 aromatic carbocycles. The second kappa shape index (κ2) is 8.09. The van der Waals surface area contributed by atoms with E-state index in [0.717, 1.165) is 22.9 Å². The van der Waals surface area contributed by atoms with Crippen molar-refractivity contribution >= 4 is 23.1 Å². The summed E-state index contributed by atoms with van der Waals surface area (Å²) in [5, 5.41) is 10.6. The largest absolute Gasteiger partial charge is 0.359 e. The molecule has 2 rings (SSSR count). The molecule has 0 fully saturated rings. The molecule has 0 saturated carbocycles. The van der Waals surface area contributed by atoms with Crippen molar-refractivity contribution in [2.45, 2.75) is 32.6 Å². The summed E-state index contributed by atoms with van der Waals surface area (Å²) in [5.41, 5.74) is 1.60. The minimum atomic E-state index is -0.368. The first-order valence-corrected chi connectivity index (χ1v) is 6.86. The Morgan fingerprint density at radius 1 is 1.40 bits per heavy atom. The molecule has 2 aromatic rings. The van der Waals surface area contributed by atoms with Crippen molar-refractivity contribution in [1.82, 2.24) is 15.5 Å². The van der Waals surface area contributed by atoms with Crippen molar-refractivity contribution in [3.05, 3.63) is 30.0 Å². The Bertz CT molecular complexity index is 563. The molecule has 108 valence electrons. The van der Waals surface area contributed by atoms with Crippen LogP contribution in [-0.4, -0.2) is 29.4 Å². The predicted molar refractivity (Wildman–Crippen MR) is 79.5 cm³/mol. The lowest BCUT2D eigenvalue weighted by atomic mass is 9.96. The van der Waals surface area contributed by atoms with Crippen LogP contribution >= 0.6 is 0 Å². The lowest BCUT2D eigenvalue weighted by Gasteiger charge is -2.12. The Hall–Kier alpha value is -2.17. The van der Waals surface area contributed by atoms with Gasteiger partial charge in [-0.1, -0.05) is 32.0 Å². The van der Waals surface area contributed by atoms with Crippen LogP contribution in [0.3, 0.4) is 0 Å². The van der Waals surface area contributed by atoms with Gasteiger partial charge < -0.3 is 10.1 Å². The molecular weight excluding hydrogens is 254 g/mol. The van der Waals surface area contributed by atoms with E-state index >= 15 is 0 Å². The maximum absolute atomic E-state index is 11.9. The number of nitrogens with one attached hydrogen (secondary N) is 2. The summed E-state index contributed by atoms with van der Waals surface area (Å²) in [6.07, 6.45) is 1.66. The van der Waals surface area contributed by atoms with Crippen LogP contribution in [0.15, 0.2) is 24.3 Å². The normalized spacial score (nSPS) is 11.3. The summed E-state index contributed by atoms with van der Waals surface area (Å²) >= 11 is 0. The number of carbonyl (C=O) groups excluding carboxylic acids is 2. The molecule has 0 spiro atoms. The topological polar surface area (TPSA) is 74.8 Å². The molecule has 20 heavy (non-hydrogen) atoms. The highest BCUT2D eigenvalue weighted by atomic mass is 16.1. The number of aromatic amines is 1. The Labute approximate surface area is 118 Å². The second-order valence-electron chi connectivity index (χ2n) is 4.07. The third kappa shape index (κ3) is 3.44. The molecule has 0 saturated heterocycles. The van der Waals surface area contributed by atoms with Gasteiger partial charge in [0.15, 0.2) is 0 Å². The Kier molecular flexibility index (Phi) is 6.43. The standard InChI is InChI=1S/C13H15N3O2.C2H6/c1-14-13(18)10(6-4-8-17)12-9-5-2-3-7-11(9)15-16-12;1-2/h2-3,5,7-8,10H,4,6H2,1H3,(H,14,18)(H,15,16);1-2H3. The molecule has 0 bridgehead atoms. The first-order chi connectivity index (χ1) is 9.77. The molecule has 0 aliphatic carbocycles. The van der Waals surface area contributed by atoms with Crippen molar-refractivity contribution < 1.29 is 9.59 Å². The van der Waals surface area contributed by atoms with Gasteiger partial charge in [-0.05, 0) is 12.5 Å². The number of carbonyl (C=O) groups is 2. The minimum absolute atomic E-state index is 0.105. The van der Waals surface area contributed by atoms with Gasteiger partial charge in [0.2, 0.25) is 5.91 Å². The highest BCUT2D eigenvalue weighted by Gasteiger charge is 2.23. The smallest absolute Gasteiger partial charge is 0.228 e. The predicted octanol–water partition coefficient (Wildman–Crippen LogP) is 2.40. The quantitative estimate of drug-likeness (QED) is 0.823. The highest BCUT2D eigenvalue weighted by molar-refractivity contribution is 5.90. The van der Waals surface area contributed by atoms with Gasteiger partial charge >= 0.3 is 0 Å². The average Bonchev–Trinajstić information content (AvgIpc) is 2.93. The number of aldehydes is 1. The summed E-state index contributed by atoms with van der Waals surface area (Å²) in [6, 6.07) is 7.61. The summed E-state index contributed by atoms with van der Waals surface area (Å²) < 4.78 is 0. The van der Waals surface area contributed by atoms with Crippen molar-refractivity contribution in [2.75, 3.05) is 7.05 Å². The van der Waals surface area contributed by atoms with Crippen molar-refractivity contribution in [3.8, 4) is 0 Å². The molecule has 5 heteroatoms. The number of para-hydroxylation sites is 1. The SMILES string of the molecule is CC.CNC(=O)C(CCC=O)c1[nH]nc2ccccc12. The van der Waals surface area contributed by atoms with Gasteiger partial charge in [-0.25, -0.2) is 0 Å². The monoisotopic (exact) mass is 275 g/mol. The molecule has 1 atom stereocenters. The molecule has 2 N–H and O–H groups in total. The zero-order valence-corrected chi connectivity index (χ0v) is 12.1. The number of likely N-dealkylation sites (N-methyl/N-ethyl adjacent to an activating group) is 1. The van der Waals surface area contributed by atoms with Gasteiger partial charge in [-0.3, -0.25) is 9.89 Å². The van der Waals surface area contributed by atoms with Crippen molar-refractivity contribution in [2.24, 2.45) is 0 Å². The Morgan fingerprint density at radius 2 is 2.10 bits per heavy atom. The van der Waals surface area contributed by atoms with Gasteiger partial charge in [-0.2, -0.15) is 5.10 Å². The van der Waals surface area contributed by atoms with Crippen LogP contribution in [0.5, 0.6) is 0 Å². The van der Waals surface area contributed by atoms with Crippen molar-refractivity contribution in [1.29, 1.82) is 0 Å². The van der Waals surface area contributed by atoms with E-state index < -0.39 is 0 Å². The number of hydrogen-bond acceptors (Lipinski definition) is 3. The number of rotatable bonds is 5. The summed E-state index contributed by atoms with van der Waals surface area (Å²) in [5.74, 6) is -0.473. The third-order valence-electron chi connectivity index (χ3n) is 2.98. The fourth-order valence-corrected chi connectivity index (χ4v) is 2.06. The van der Waals surface area contributed by atoms with Crippen LogP contribution in [-0.2, 0) is 9.59 Å². The van der Waals surface area contributed by atoms with Gasteiger partial charge in [0.1, 0.15) is 6.29 Å². The number of fused-ring (bicyclic) bond motifs is 1. The molecule has 1 aromatic heterocycles. The fourth-order valence-electron chi connectivity index (χ4n) is 2.06. The molecular formula is C15H21N3O2. The lowest BCUT2D eigenvalue weighted by molar-refractivity contribution is -0.122. The van der Waals surface area contributed by atoms with Crippen LogP contribution in [0.25, 0.3) is 10.9 Å². The van der Waals surface area contributed by atoms with E-state index in [2.05, 4.69) is 15.5 Å². The van der Waals surface area contributed by atoms with Crippen molar-refractivity contribution in [3.63, 3.8) is 0 Å². The van der Waals surface area contributed by atoms with Crippen LogP contribution in [0, 0.1) is 0 Å². The summed E-state index contributed by atoms with van der Waals surface area (Å²) in [7, 11) is 1.59.